The van der Waals surface area contributed by atoms with E-state index in [4.69, 9.17) is 10.5 Å². The van der Waals surface area contributed by atoms with Gasteiger partial charge in [-0.2, -0.15) is 0 Å². The average molecular weight is 337 g/mol. The normalized spacial score (nSPS) is 24.5. The van der Waals surface area contributed by atoms with Crippen molar-refractivity contribution in [3.63, 3.8) is 0 Å². The van der Waals surface area contributed by atoms with Crippen LogP contribution in [0.2, 0.25) is 0 Å². The molecule has 1 fully saturated rings. The first-order chi connectivity index (χ1) is 10.5. The Morgan fingerprint density at radius 1 is 1.55 bits per heavy atom. The van der Waals surface area contributed by atoms with E-state index in [9.17, 15) is 9.59 Å². The zero-order valence-corrected chi connectivity index (χ0v) is 13.7. The number of aryl methyl sites for hydroxylation is 1. The Morgan fingerprint density at radius 3 is 2.95 bits per heavy atom. The van der Waals surface area contributed by atoms with E-state index < -0.39 is 12.0 Å². The molecule has 0 saturated carbocycles. The molecule has 2 aliphatic rings. The fourth-order valence-electron chi connectivity index (χ4n) is 2.40. The summed E-state index contributed by atoms with van der Waals surface area (Å²) in [6, 6.07) is -0.543. The Bertz CT molecular complexity index is 695. The van der Waals surface area contributed by atoms with Gasteiger partial charge in [0.15, 0.2) is 0 Å². The van der Waals surface area contributed by atoms with Gasteiger partial charge in [0.2, 0.25) is 5.91 Å². The maximum Gasteiger partial charge on any atom is 0.355 e. The van der Waals surface area contributed by atoms with Crippen LogP contribution in [0.3, 0.4) is 0 Å². The van der Waals surface area contributed by atoms with Crippen LogP contribution in [-0.2, 0) is 14.3 Å². The molecule has 1 saturated heterocycles. The summed E-state index contributed by atoms with van der Waals surface area (Å²) in [7, 11) is 1.31. The third-order valence-corrected chi connectivity index (χ3v) is 5.86. The predicted octanol–water partition coefficient (Wildman–Crippen LogP) is 1.13. The molecule has 2 atom stereocenters. The fourth-order valence-corrected chi connectivity index (χ4v) is 4.36. The molecule has 0 aliphatic carbocycles. The second-order valence-electron chi connectivity index (χ2n) is 4.94. The van der Waals surface area contributed by atoms with Crippen molar-refractivity contribution in [2.24, 2.45) is 5.73 Å². The van der Waals surface area contributed by atoms with Crippen LogP contribution in [0.15, 0.2) is 22.9 Å². The summed E-state index contributed by atoms with van der Waals surface area (Å²) in [5.74, 6) is -0.135. The first kappa shape index (κ1) is 15.3. The number of nitrogens with zero attached hydrogens (tertiary/aromatic N) is 2. The molecule has 1 aromatic heterocycles. The number of thiazole rings is 1. The first-order valence-electron chi connectivity index (χ1n) is 6.64. The number of thioether (sulfide) groups is 1. The van der Waals surface area contributed by atoms with Gasteiger partial charge in [0.25, 0.3) is 0 Å². The van der Waals surface area contributed by atoms with Crippen LogP contribution in [0.4, 0.5) is 0 Å². The molecular weight excluding hydrogens is 322 g/mol. The molecule has 3 rings (SSSR count). The molecule has 22 heavy (non-hydrogen) atoms. The number of carbonyl (C=O) groups excluding carboxylic acids is 2. The molecule has 3 heterocycles. The highest BCUT2D eigenvalue weighted by Gasteiger charge is 2.51. The summed E-state index contributed by atoms with van der Waals surface area (Å²) in [5.41, 5.74) is 9.56. The highest BCUT2D eigenvalue weighted by molar-refractivity contribution is 8.00. The van der Waals surface area contributed by atoms with Crippen molar-refractivity contribution in [1.29, 1.82) is 0 Å². The number of nitrogens with two attached hydrogens (primary N) is 1. The molecule has 2 N–H and O–H groups in total. The van der Waals surface area contributed by atoms with Gasteiger partial charge < -0.3 is 10.5 Å². The lowest BCUT2D eigenvalue weighted by atomic mass is 10.0. The van der Waals surface area contributed by atoms with E-state index in [0.717, 1.165) is 16.1 Å². The smallest absolute Gasteiger partial charge is 0.355 e. The largest absolute Gasteiger partial charge is 0.464 e. The number of rotatable bonds is 3. The van der Waals surface area contributed by atoms with Gasteiger partial charge in [0.1, 0.15) is 17.1 Å². The third-order valence-electron chi connectivity index (χ3n) is 3.64. The van der Waals surface area contributed by atoms with Crippen LogP contribution < -0.4 is 5.73 Å². The monoisotopic (exact) mass is 337 g/mol. The summed E-state index contributed by atoms with van der Waals surface area (Å²) in [5, 5.41) is -0.177. The highest BCUT2D eigenvalue weighted by atomic mass is 32.2. The minimum Gasteiger partial charge on any atom is -0.464 e. The lowest BCUT2D eigenvalue weighted by molar-refractivity contribution is -0.149. The summed E-state index contributed by atoms with van der Waals surface area (Å²) in [6.45, 7) is 1.93. The van der Waals surface area contributed by atoms with Crippen molar-refractivity contribution in [3.05, 3.63) is 33.4 Å². The van der Waals surface area contributed by atoms with E-state index in [2.05, 4.69) is 4.98 Å². The van der Waals surface area contributed by atoms with Crippen LogP contribution in [0.5, 0.6) is 0 Å². The topological polar surface area (TPSA) is 85.5 Å². The zero-order valence-electron chi connectivity index (χ0n) is 12.1. The molecule has 1 unspecified atom stereocenters. The number of carbonyl (C=O) groups is 2. The summed E-state index contributed by atoms with van der Waals surface area (Å²) in [6.07, 6.45) is 3.77. The van der Waals surface area contributed by atoms with Crippen molar-refractivity contribution >= 4 is 41.1 Å². The molecule has 1 aromatic rings. The average Bonchev–Trinajstić information content (AvgIpc) is 2.95. The van der Waals surface area contributed by atoms with Crippen molar-refractivity contribution in [2.75, 3.05) is 12.9 Å². The molecule has 8 heteroatoms. The molecule has 0 spiro atoms. The number of hydrogen-bond acceptors (Lipinski definition) is 7. The van der Waals surface area contributed by atoms with E-state index in [-0.39, 0.29) is 11.3 Å². The molecule has 2 aliphatic heterocycles. The summed E-state index contributed by atoms with van der Waals surface area (Å²) in [4.78, 5) is 30.7. The van der Waals surface area contributed by atoms with E-state index in [1.165, 1.54) is 23.3 Å². The van der Waals surface area contributed by atoms with Gasteiger partial charge in [-0.1, -0.05) is 6.08 Å². The molecule has 0 aromatic carbocycles. The Labute approximate surface area is 136 Å². The van der Waals surface area contributed by atoms with Crippen LogP contribution in [0.1, 0.15) is 10.6 Å². The number of amides is 1. The van der Waals surface area contributed by atoms with Crippen LogP contribution in [0.25, 0.3) is 6.08 Å². The van der Waals surface area contributed by atoms with E-state index >= 15 is 0 Å². The van der Waals surface area contributed by atoms with Gasteiger partial charge >= 0.3 is 5.97 Å². The minimum atomic E-state index is -0.543. The maximum absolute atomic E-state index is 12.1. The van der Waals surface area contributed by atoms with E-state index in [0.29, 0.717) is 11.4 Å². The van der Waals surface area contributed by atoms with Crippen LogP contribution >= 0.6 is 23.1 Å². The SMILES string of the molecule is COC(=O)C1=C(C=Cc2scnc2C)CS[C@H]2C(N)C(=O)N12. The predicted molar refractivity (Wildman–Crippen MR) is 86.0 cm³/mol. The number of fused-ring (bicyclic) bond motifs is 1. The quantitative estimate of drug-likeness (QED) is 0.657. The Morgan fingerprint density at radius 2 is 2.32 bits per heavy atom. The van der Waals surface area contributed by atoms with Gasteiger partial charge in [0, 0.05) is 10.6 Å². The Hall–Kier alpha value is -1.64. The molecule has 0 bridgehead atoms. The van der Waals surface area contributed by atoms with Crippen LogP contribution in [0, 0.1) is 6.92 Å². The number of esters is 1. The molecule has 6 nitrogen and oxygen atoms in total. The first-order valence-corrected chi connectivity index (χ1v) is 8.57. The zero-order chi connectivity index (χ0) is 15.9. The second kappa shape index (κ2) is 5.86. The Balaban J connectivity index is 1.96. The standard InChI is InChI=1S/C14H15N3O3S2/c1-7-9(22-6-16-7)4-3-8-5-21-13-10(15)12(18)17(13)11(8)14(19)20-2/h3-4,6,10,13H,5,15H2,1-2H3/t10?,13-/m0/s1. The Kier molecular flexibility index (Phi) is 4.07. The molecule has 116 valence electrons. The van der Waals surface area contributed by atoms with Crippen LogP contribution in [-0.4, -0.2) is 46.0 Å². The number of β-lactam (4-membered cyclic amide) rings is 1. The second-order valence-corrected chi connectivity index (χ2v) is 6.93. The highest BCUT2D eigenvalue weighted by Crippen LogP contribution is 2.40. The third kappa shape index (κ3) is 2.37. The minimum absolute atomic E-state index is 0.177. The number of hydrogen-bond donors (Lipinski definition) is 1. The van der Waals surface area contributed by atoms with Gasteiger partial charge in [-0.3, -0.25) is 9.69 Å². The van der Waals surface area contributed by atoms with Gasteiger partial charge in [-0.25, -0.2) is 9.78 Å². The number of ether oxygens (including phenoxy) is 1. The summed E-state index contributed by atoms with van der Waals surface area (Å²) >= 11 is 3.08. The number of allylic oxidation sites excluding steroid dienone is 1. The van der Waals surface area contributed by atoms with Crippen molar-refractivity contribution in [1.82, 2.24) is 9.88 Å². The van der Waals surface area contributed by atoms with E-state index in [1.807, 2.05) is 19.1 Å². The molecular formula is C14H15N3O3S2. The van der Waals surface area contributed by atoms with Crippen molar-refractivity contribution < 1.29 is 14.3 Å². The van der Waals surface area contributed by atoms with E-state index in [1.54, 1.807) is 17.3 Å². The van der Waals surface area contributed by atoms with Crippen molar-refractivity contribution in [2.45, 2.75) is 18.3 Å². The lowest BCUT2D eigenvalue weighted by Crippen LogP contribution is -2.68. The van der Waals surface area contributed by atoms with Gasteiger partial charge in [0.05, 0.1) is 18.3 Å². The van der Waals surface area contributed by atoms with Gasteiger partial charge in [-0.15, -0.1) is 23.1 Å². The molecule has 0 radical (unpaired) electrons. The number of aromatic nitrogens is 1. The van der Waals surface area contributed by atoms with Gasteiger partial charge in [-0.05, 0) is 18.6 Å². The molecule has 1 amide bonds. The lowest BCUT2D eigenvalue weighted by Gasteiger charge is -2.47. The van der Waals surface area contributed by atoms with Crippen molar-refractivity contribution in [3.8, 4) is 0 Å². The number of methoxy groups -OCH3 is 1. The maximum atomic E-state index is 12.1. The fraction of sp³-hybridized carbons (Fsp3) is 0.357. The summed E-state index contributed by atoms with van der Waals surface area (Å²) < 4.78 is 4.83.